The number of nitrogens with one attached hydrogen (secondary N) is 6. The molecule has 0 unspecified atom stereocenters. The van der Waals surface area contributed by atoms with Gasteiger partial charge in [-0.25, -0.2) is 9.78 Å². The molecule has 6 atom stereocenters. The van der Waals surface area contributed by atoms with E-state index in [9.17, 15) is 43.5 Å². The first kappa shape index (κ1) is 44.4. The highest BCUT2D eigenvalue weighted by atomic mass is 16.4. The van der Waals surface area contributed by atoms with Gasteiger partial charge >= 0.3 is 5.97 Å². The van der Waals surface area contributed by atoms with E-state index >= 15 is 0 Å². The van der Waals surface area contributed by atoms with Gasteiger partial charge in [-0.15, -0.1) is 0 Å². The quantitative estimate of drug-likeness (QED) is 0.0301. The fourth-order valence-corrected chi connectivity index (χ4v) is 5.59. The molecule has 2 heterocycles. The van der Waals surface area contributed by atoms with Crippen LogP contribution in [0.2, 0.25) is 0 Å². The number of nitrogens with zero attached hydrogens (tertiary/aromatic N) is 3. The molecular weight excluding hydrogens is 710 g/mol. The summed E-state index contributed by atoms with van der Waals surface area (Å²) in [6.45, 7) is 4.77. The topological polar surface area (TPSA) is 365 Å². The molecule has 0 spiro atoms. The lowest BCUT2D eigenvalue weighted by molar-refractivity contribution is -0.142. The molecule has 0 bridgehead atoms. The maximum Gasteiger partial charge on any atom is 0.326 e. The van der Waals surface area contributed by atoms with Crippen molar-refractivity contribution in [3.63, 3.8) is 0 Å². The molecule has 0 aliphatic carbocycles. The van der Waals surface area contributed by atoms with Crippen LogP contribution in [0.1, 0.15) is 65.0 Å². The molecule has 22 nitrogen and oxygen atoms in total. The van der Waals surface area contributed by atoms with E-state index in [1.54, 1.807) is 13.8 Å². The molecule has 0 radical (unpaired) electrons. The number of nitrogens with two attached hydrogens (primary N) is 4. The summed E-state index contributed by atoms with van der Waals surface area (Å²) in [5, 5.41) is 22.1. The van der Waals surface area contributed by atoms with E-state index in [1.807, 2.05) is 0 Å². The van der Waals surface area contributed by atoms with Gasteiger partial charge in [0.2, 0.25) is 41.4 Å². The van der Waals surface area contributed by atoms with Gasteiger partial charge in [-0.2, -0.15) is 0 Å². The number of aliphatic carboxylic acids is 1. The van der Waals surface area contributed by atoms with Gasteiger partial charge in [0.15, 0.2) is 5.96 Å². The van der Waals surface area contributed by atoms with Crippen molar-refractivity contribution in [2.24, 2.45) is 33.8 Å². The van der Waals surface area contributed by atoms with Gasteiger partial charge in [0, 0.05) is 31.4 Å². The van der Waals surface area contributed by atoms with Crippen molar-refractivity contribution in [2.75, 3.05) is 19.6 Å². The number of imidazole rings is 1. The van der Waals surface area contributed by atoms with Gasteiger partial charge < -0.3 is 64.5 Å². The van der Waals surface area contributed by atoms with Crippen molar-refractivity contribution in [2.45, 2.75) is 102 Å². The fourth-order valence-electron chi connectivity index (χ4n) is 5.59. The van der Waals surface area contributed by atoms with Gasteiger partial charge in [0.1, 0.15) is 30.2 Å². The number of rotatable bonds is 22. The third kappa shape index (κ3) is 15.0. The molecule has 1 saturated heterocycles. The van der Waals surface area contributed by atoms with Crippen LogP contribution in [0.25, 0.3) is 0 Å². The Balaban J connectivity index is 2.08. The Morgan fingerprint density at radius 1 is 0.963 bits per heavy atom. The molecule has 7 amide bonds. The number of likely N-dealkylation sites (tertiary alicyclic amines) is 1. The minimum atomic E-state index is -1.29. The van der Waals surface area contributed by atoms with Gasteiger partial charge in [-0.3, -0.25) is 38.6 Å². The summed E-state index contributed by atoms with van der Waals surface area (Å²) < 4.78 is 0. The zero-order valence-corrected chi connectivity index (χ0v) is 30.6. The van der Waals surface area contributed by atoms with Gasteiger partial charge in [0.25, 0.3) is 0 Å². The lowest BCUT2D eigenvalue weighted by atomic mass is 10.0. The third-order valence-electron chi connectivity index (χ3n) is 8.28. The molecule has 0 saturated carbocycles. The molecular formula is C32H53N13O9. The molecule has 1 fully saturated rings. The van der Waals surface area contributed by atoms with Crippen molar-refractivity contribution in [3.8, 4) is 0 Å². The summed E-state index contributed by atoms with van der Waals surface area (Å²) in [4.78, 5) is 113. The predicted molar refractivity (Wildman–Crippen MR) is 192 cm³/mol. The molecule has 54 heavy (non-hydrogen) atoms. The summed E-state index contributed by atoms with van der Waals surface area (Å²) >= 11 is 0. The molecule has 22 heteroatoms. The lowest BCUT2D eigenvalue weighted by Crippen LogP contribution is -2.58. The number of aliphatic imine (C=N–C) groups is 1. The zero-order chi connectivity index (χ0) is 40.5. The number of guanidine groups is 1. The van der Waals surface area contributed by atoms with Crippen molar-refractivity contribution < 1.29 is 43.5 Å². The van der Waals surface area contributed by atoms with E-state index in [-0.39, 0.29) is 50.7 Å². The number of carboxylic acids is 1. The van der Waals surface area contributed by atoms with Crippen LogP contribution >= 0.6 is 0 Å². The predicted octanol–water partition coefficient (Wildman–Crippen LogP) is -4.59. The first-order valence-corrected chi connectivity index (χ1v) is 17.5. The number of carbonyl (C=O) groups is 8. The highest BCUT2D eigenvalue weighted by Crippen LogP contribution is 2.19. The Hall–Kier alpha value is -5.80. The van der Waals surface area contributed by atoms with Crippen LogP contribution in [0.3, 0.4) is 0 Å². The number of aromatic amines is 1. The Morgan fingerprint density at radius 3 is 2.22 bits per heavy atom. The first-order valence-electron chi connectivity index (χ1n) is 17.5. The second-order valence-electron chi connectivity index (χ2n) is 13.4. The average Bonchev–Trinajstić information content (AvgIpc) is 3.79. The van der Waals surface area contributed by atoms with Crippen molar-refractivity contribution in [3.05, 3.63) is 18.2 Å². The van der Waals surface area contributed by atoms with Crippen LogP contribution < -0.4 is 49.5 Å². The van der Waals surface area contributed by atoms with Crippen molar-refractivity contribution in [1.82, 2.24) is 41.5 Å². The Kier molecular flexibility index (Phi) is 17.8. The fraction of sp³-hybridized carbons (Fsp3) is 0.625. The minimum Gasteiger partial charge on any atom is -0.480 e. The highest BCUT2D eigenvalue weighted by Gasteiger charge is 2.37. The van der Waals surface area contributed by atoms with E-state index < -0.39 is 96.5 Å². The average molecular weight is 764 g/mol. The maximum atomic E-state index is 13.6. The van der Waals surface area contributed by atoms with Gasteiger partial charge in [-0.1, -0.05) is 13.8 Å². The second kappa shape index (κ2) is 21.7. The monoisotopic (exact) mass is 763 g/mol. The zero-order valence-electron chi connectivity index (χ0n) is 30.6. The van der Waals surface area contributed by atoms with E-state index in [4.69, 9.17) is 22.9 Å². The van der Waals surface area contributed by atoms with E-state index in [0.717, 1.165) is 0 Å². The molecule has 1 aliphatic heterocycles. The van der Waals surface area contributed by atoms with Crippen LogP contribution in [0, 0.1) is 5.92 Å². The third-order valence-corrected chi connectivity index (χ3v) is 8.28. The van der Waals surface area contributed by atoms with E-state index in [1.165, 1.54) is 24.3 Å². The first-order chi connectivity index (χ1) is 25.4. The van der Waals surface area contributed by atoms with Gasteiger partial charge in [-0.05, 0) is 44.9 Å². The second-order valence-corrected chi connectivity index (χ2v) is 13.4. The number of primary amides is 1. The Bertz CT molecular complexity index is 1510. The SMILES string of the molecule is CC(C)C[C@H](NC(=O)[C@H](Cc1cnc[nH]1)NC(=O)CNC(=O)[C@@H]1CCCN1C(=O)[C@@H](N)CC(N)=O)C(=O)N[C@@H](C)C(=O)N[C@@H](CCCN=C(N)N)C(=O)O. The van der Waals surface area contributed by atoms with Crippen LogP contribution in [0.15, 0.2) is 17.5 Å². The number of amides is 7. The number of aromatic nitrogens is 2. The summed E-state index contributed by atoms with van der Waals surface area (Å²) in [5.41, 5.74) is 21.9. The van der Waals surface area contributed by atoms with Gasteiger partial charge in [0.05, 0.1) is 25.3 Å². The number of carbonyl (C=O) groups excluding carboxylic acids is 7. The lowest BCUT2D eigenvalue weighted by Gasteiger charge is -2.27. The van der Waals surface area contributed by atoms with Crippen molar-refractivity contribution >= 4 is 53.3 Å². The molecule has 15 N–H and O–H groups in total. The molecule has 1 aliphatic rings. The number of H-pyrrole nitrogens is 1. The standard InChI is InChI=1S/C32H53N13O9/c1-16(2)10-21(27(49)41-17(3)26(48)43-20(31(53)54)6-4-8-38-32(35)36)44-28(50)22(11-18-13-37-15-40-18)42-25(47)14-39-29(51)23-7-5-9-45(23)30(52)19(33)12-24(34)46/h13,15-17,19-23H,4-12,14,33H2,1-3H3,(H2,34,46)(H,37,40)(H,39,51)(H,41,49)(H,42,47)(H,43,48)(H,44,50)(H,53,54)(H4,35,36,38)/t17-,19-,20-,21-,22-,23-/m0/s1. The molecule has 300 valence electrons. The number of hydrogen-bond acceptors (Lipinski definition) is 11. The maximum absolute atomic E-state index is 13.6. The number of hydrogen-bond donors (Lipinski definition) is 11. The molecule has 1 aromatic heterocycles. The van der Waals surface area contributed by atoms with Crippen LogP contribution in [-0.2, 0) is 44.8 Å². The Morgan fingerprint density at radius 2 is 1.63 bits per heavy atom. The van der Waals surface area contributed by atoms with Crippen LogP contribution in [0.5, 0.6) is 0 Å². The normalized spacial score (nSPS) is 16.5. The molecule has 0 aromatic carbocycles. The summed E-state index contributed by atoms with van der Waals surface area (Å²) in [6.07, 6.45) is 3.54. The van der Waals surface area contributed by atoms with E-state index in [2.05, 4.69) is 41.5 Å². The smallest absolute Gasteiger partial charge is 0.326 e. The largest absolute Gasteiger partial charge is 0.480 e. The van der Waals surface area contributed by atoms with E-state index in [0.29, 0.717) is 18.5 Å². The minimum absolute atomic E-state index is 0.0173. The Labute approximate surface area is 311 Å². The summed E-state index contributed by atoms with van der Waals surface area (Å²) in [7, 11) is 0. The summed E-state index contributed by atoms with van der Waals surface area (Å²) in [6, 6.07) is -7.05. The molecule has 1 aromatic rings. The van der Waals surface area contributed by atoms with Crippen LogP contribution in [0.4, 0.5) is 0 Å². The number of carboxylic acid groups (broad SMARTS) is 1. The molecule has 2 rings (SSSR count). The summed E-state index contributed by atoms with van der Waals surface area (Å²) in [5.74, 6) is -6.62. The van der Waals surface area contributed by atoms with Crippen molar-refractivity contribution in [1.29, 1.82) is 0 Å². The highest BCUT2D eigenvalue weighted by molar-refractivity contribution is 5.96. The van der Waals surface area contributed by atoms with Crippen LogP contribution in [-0.4, -0.2) is 129 Å².